The molecule has 19 heavy (non-hydrogen) atoms. The highest BCUT2D eigenvalue weighted by atomic mass is 16.6. The van der Waals surface area contributed by atoms with E-state index < -0.39 is 0 Å². The highest BCUT2D eigenvalue weighted by Crippen LogP contribution is 2.31. The maximum absolute atomic E-state index is 11.7. The van der Waals surface area contributed by atoms with Gasteiger partial charge in [-0.3, -0.25) is 4.57 Å². The summed E-state index contributed by atoms with van der Waals surface area (Å²) in [6.45, 7) is 4.49. The summed E-state index contributed by atoms with van der Waals surface area (Å²) in [4.78, 5) is 11.7. The van der Waals surface area contributed by atoms with Crippen LogP contribution in [0.4, 0.5) is 0 Å². The number of aromatic nitrogens is 1. The van der Waals surface area contributed by atoms with Gasteiger partial charge in [0, 0.05) is 0 Å². The predicted octanol–water partition coefficient (Wildman–Crippen LogP) is 1.90. The summed E-state index contributed by atoms with van der Waals surface area (Å²) in [5, 5.41) is 0. The highest BCUT2D eigenvalue weighted by molar-refractivity contribution is 5.40. The highest BCUT2D eigenvalue weighted by Gasteiger charge is 2.23. The summed E-state index contributed by atoms with van der Waals surface area (Å²) in [6, 6.07) is 7.52. The van der Waals surface area contributed by atoms with Gasteiger partial charge in [-0.1, -0.05) is 12.1 Å². The van der Waals surface area contributed by atoms with Gasteiger partial charge in [-0.2, -0.15) is 0 Å². The molecule has 0 spiro atoms. The molecule has 1 aliphatic heterocycles. The Kier molecular flexibility index (Phi) is 2.81. The van der Waals surface area contributed by atoms with E-state index in [1.807, 2.05) is 31.2 Å². The minimum atomic E-state index is -0.350. The molecule has 0 radical (unpaired) electrons. The first kappa shape index (κ1) is 11.9. The van der Waals surface area contributed by atoms with E-state index in [1.165, 1.54) is 0 Å². The summed E-state index contributed by atoms with van der Waals surface area (Å²) in [6.07, 6.45) is -0.191. The molecular weight excluding hydrogens is 246 g/mol. The van der Waals surface area contributed by atoms with Crippen LogP contribution in [0.5, 0.6) is 11.5 Å². The summed E-state index contributed by atoms with van der Waals surface area (Å²) in [7, 11) is 0. The quantitative estimate of drug-likeness (QED) is 0.828. The number of hydrogen-bond donors (Lipinski definition) is 0. The molecule has 3 rings (SSSR count). The van der Waals surface area contributed by atoms with E-state index >= 15 is 0 Å². The summed E-state index contributed by atoms with van der Waals surface area (Å²) < 4.78 is 18.1. The van der Waals surface area contributed by atoms with E-state index in [9.17, 15) is 4.79 Å². The third-order valence-corrected chi connectivity index (χ3v) is 3.33. The molecule has 5 heteroatoms. The number of fused-ring (bicyclic) bond motifs is 1. The van der Waals surface area contributed by atoms with Gasteiger partial charge >= 0.3 is 5.76 Å². The van der Waals surface area contributed by atoms with Crippen LogP contribution in [0, 0.1) is 13.8 Å². The lowest BCUT2D eigenvalue weighted by Gasteiger charge is -2.26. The predicted molar refractivity (Wildman–Crippen MR) is 68.8 cm³/mol. The number of para-hydroxylation sites is 2. The van der Waals surface area contributed by atoms with Crippen molar-refractivity contribution in [3.63, 3.8) is 0 Å². The lowest BCUT2D eigenvalue weighted by atomic mass is 10.2. The van der Waals surface area contributed by atoms with Crippen LogP contribution in [0.2, 0.25) is 0 Å². The van der Waals surface area contributed by atoms with Crippen LogP contribution in [0.1, 0.15) is 11.5 Å². The van der Waals surface area contributed by atoms with Gasteiger partial charge in [0.05, 0.1) is 12.2 Å². The molecule has 0 bridgehead atoms. The Morgan fingerprint density at radius 2 is 2.00 bits per heavy atom. The largest absolute Gasteiger partial charge is 0.486 e. The Hall–Kier alpha value is -2.17. The molecule has 2 heterocycles. The van der Waals surface area contributed by atoms with Crippen LogP contribution >= 0.6 is 0 Å². The lowest BCUT2D eigenvalue weighted by Crippen LogP contribution is -2.35. The fraction of sp³-hybridized carbons (Fsp3) is 0.357. The monoisotopic (exact) mass is 261 g/mol. The number of hydrogen-bond acceptors (Lipinski definition) is 4. The van der Waals surface area contributed by atoms with Crippen LogP contribution in [-0.4, -0.2) is 17.3 Å². The van der Waals surface area contributed by atoms with Crippen LogP contribution < -0.4 is 15.2 Å². The van der Waals surface area contributed by atoms with Gasteiger partial charge in [-0.25, -0.2) is 4.79 Å². The van der Waals surface area contributed by atoms with Gasteiger partial charge in [0.25, 0.3) is 0 Å². The topological polar surface area (TPSA) is 53.6 Å². The zero-order valence-electron chi connectivity index (χ0n) is 10.9. The molecule has 1 aromatic heterocycles. The minimum absolute atomic E-state index is 0.191. The van der Waals surface area contributed by atoms with Gasteiger partial charge in [0.2, 0.25) is 0 Å². The molecule has 1 atom stereocenters. The maximum Gasteiger partial charge on any atom is 0.419 e. The smallest absolute Gasteiger partial charge is 0.419 e. The molecule has 5 nitrogen and oxygen atoms in total. The zero-order valence-corrected chi connectivity index (χ0v) is 10.9. The molecule has 0 unspecified atom stereocenters. The van der Waals surface area contributed by atoms with Crippen molar-refractivity contribution < 1.29 is 13.9 Å². The number of oxazole rings is 1. The fourth-order valence-corrected chi connectivity index (χ4v) is 2.16. The van der Waals surface area contributed by atoms with Crippen LogP contribution in [0.15, 0.2) is 33.5 Å². The minimum Gasteiger partial charge on any atom is -0.486 e. The molecule has 100 valence electrons. The molecular formula is C14H15NO4. The van der Waals surface area contributed by atoms with Crippen molar-refractivity contribution in [2.45, 2.75) is 26.5 Å². The molecule has 1 aliphatic rings. The summed E-state index contributed by atoms with van der Waals surface area (Å²) >= 11 is 0. The second kappa shape index (κ2) is 4.50. The Bertz CT molecular complexity index is 656. The Labute approximate surface area is 110 Å². The first-order valence-corrected chi connectivity index (χ1v) is 6.20. The van der Waals surface area contributed by atoms with E-state index in [0.29, 0.717) is 24.7 Å². The van der Waals surface area contributed by atoms with Gasteiger partial charge in [-0.15, -0.1) is 0 Å². The van der Waals surface area contributed by atoms with E-state index in [-0.39, 0.29) is 11.9 Å². The first-order chi connectivity index (χ1) is 9.15. The maximum atomic E-state index is 11.7. The van der Waals surface area contributed by atoms with Crippen LogP contribution in [-0.2, 0) is 6.54 Å². The lowest BCUT2D eigenvalue weighted by molar-refractivity contribution is 0.0767. The van der Waals surface area contributed by atoms with Crippen molar-refractivity contribution >= 4 is 0 Å². The summed E-state index contributed by atoms with van der Waals surface area (Å²) in [5.41, 5.74) is 0.826. The number of aryl methyl sites for hydroxylation is 1. The number of nitrogens with zero attached hydrogens (tertiary/aromatic N) is 1. The molecule has 1 aromatic carbocycles. The number of benzene rings is 1. The van der Waals surface area contributed by atoms with Crippen LogP contribution in [0.3, 0.4) is 0 Å². The average molecular weight is 261 g/mol. The van der Waals surface area contributed by atoms with Crippen molar-refractivity contribution in [1.29, 1.82) is 0 Å². The number of rotatable bonds is 2. The van der Waals surface area contributed by atoms with E-state index in [0.717, 1.165) is 11.4 Å². The van der Waals surface area contributed by atoms with Gasteiger partial charge in [-0.05, 0) is 26.0 Å². The SMILES string of the molecule is Cc1oc(=O)n(C[C@H]2COc3ccccc3O2)c1C. The second-order valence-electron chi connectivity index (χ2n) is 4.62. The molecule has 0 aliphatic carbocycles. The molecule has 0 N–H and O–H groups in total. The molecule has 0 amide bonds. The van der Waals surface area contributed by atoms with Gasteiger partial charge < -0.3 is 13.9 Å². The fourth-order valence-electron chi connectivity index (χ4n) is 2.16. The van der Waals surface area contributed by atoms with Gasteiger partial charge in [0.15, 0.2) is 17.6 Å². The molecule has 2 aromatic rings. The van der Waals surface area contributed by atoms with Crippen LogP contribution in [0.25, 0.3) is 0 Å². The zero-order chi connectivity index (χ0) is 13.4. The van der Waals surface area contributed by atoms with Crippen molar-refractivity contribution in [1.82, 2.24) is 4.57 Å². The van der Waals surface area contributed by atoms with E-state index in [4.69, 9.17) is 13.9 Å². The molecule has 0 fully saturated rings. The Morgan fingerprint density at radius 1 is 1.26 bits per heavy atom. The van der Waals surface area contributed by atoms with E-state index in [2.05, 4.69) is 0 Å². The standard InChI is InChI=1S/C14H15NO4/c1-9-10(2)18-14(16)15(9)7-11-8-17-12-5-3-4-6-13(12)19-11/h3-6,11H,7-8H2,1-2H3/t11-/m0/s1. The molecule has 0 saturated heterocycles. The van der Waals surface area contributed by atoms with Crippen molar-refractivity contribution in [2.75, 3.05) is 6.61 Å². The third kappa shape index (κ3) is 2.12. The first-order valence-electron chi connectivity index (χ1n) is 6.20. The van der Waals surface area contributed by atoms with E-state index in [1.54, 1.807) is 11.5 Å². The summed E-state index contributed by atoms with van der Waals surface area (Å²) in [5.74, 6) is 1.75. The average Bonchev–Trinajstić information content (AvgIpc) is 2.65. The van der Waals surface area contributed by atoms with Crippen molar-refractivity contribution in [3.05, 3.63) is 46.3 Å². The molecule has 0 saturated carbocycles. The Balaban J connectivity index is 1.81. The second-order valence-corrected chi connectivity index (χ2v) is 4.62. The van der Waals surface area contributed by atoms with Gasteiger partial charge in [0.1, 0.15) is 12.4 Å². The van der Waals surface area contributed by atoms with Crippen molar-refractivity contribution in [3.8, 4) is 11.5 Å². The Morgan fingerprint density at radius 3 is 2.68 bits per heavy atom. The normalized spacial score (nSPS) is 17.5. The number of ether oxygens (including phenoxy) is 2. The third-order valence-electron chi connectivity index (χ3n) is 3.33. The van der Waals surface area contributed by atoms with Crippen molar-refractivity contribution in [2.24, 2.45) is 0 Å².